The van der Waals surface area contributed by atoms with E-state index in [9.17, 15) is 4.39 Å². The van der Waals surface area contributed by atoms with E-state index in [4.69, 9.17) is 14.0 Å². The molecule has 25 heavy (non-hydrogen) atoms. The normalized spacial score (nSPS) is 18.4. The van der Waals surface area contributed by atoms with E-state index >= 15 is 0 Å². The zero-order valence-corrected chi connectivity index (χ0v) is 16.4. The Morgan fingerprint density at radius 2 is 1.52 bits per heavy atom. The van der Waals surface area contributed by atoms with E-state index in [1.165, 1.54) is 12.1 Å². The Hall–Kier alpha value is -1.37. The first kappa shape index (κ1) is 18.4. The minimum absolute atomic E-state index is 0.287. The van der Waals surface area contributed by atoms with E-state index in [1.54, 1.807) is 12.1 Å². The Labute approximate surface area is 156 Å². The van der Waals surface area contributed by atoms with Gasteiger partial charge in [0.1, 0.15) is 17.3 Å². The highest BCUT2D eigenvalue weighted by Gasteiger charge is 2.52. The standard InChI is InChI=1S/C19H21BBrFO3/c1-18(2)19(3,4)25-20(24-18)17-10-9-16(11-13(17)12-21)23-15-7-5-14(22)6-8-15/h5-11H,12H2,1-4H3. The molecule has 1 aliphatic heterocycles. The second kappa shape index (κ2) is 6.74. The lowest BCUT2D eigenvalue weighted by Crippen LogP contribution is -2.41. The summed E-state index contributed by atoms with van der Waals surface area (Å²) in [6.07, 6.45) is 0. The molecule has 132 valence electrons. The molecule has 0 unspecified atom stereocenters. The van der Waals surface area contributed by atoms with Crippen molar-refractivity contribution in [2.75, 3.05) is 0 Å². The van der Waals surface area contributed by atoms with Crippen molar-refractivity contribution in [1.82, 2.24) is 0 Å². The summed E-state index contributed by atoms with van der Waals surface area (Å²) in [4.78, 5) is 0. The van der Waals surface area contributed by atoms with Gasteiger partial charge in [0.2, 0.25) is 0 Å². The summed E-state index contributed by atoms with van der Waals surface area (Å²) in [6, 6.07) is 11.7. The molecule has 2 aromatic rings. The minimum atomic E-state index is -0.419. The molecule has 3 nitrogen and oxygen atoms in total. The van der Waals surface area contributed by atoms with Crippen LogP contribution < -0.4 is 10.2 Å². The van der Waals surface area contributed by atoms with E-state index in [0.717, 1.165) is 11.0 Å². The highest BCUT2D eigenvalue weighted by molar-refractivity contribution is 9.08. The molecular formula is C19H21BBrFO3. The molecular weight excluding hydrogens is 386 g/mol. The quantitative estimate of drug-likeness (QED) is 0.538. The molecule has 0 saturated carbocycles. The Kier molecular flexibility index (Phi) is 4.97. The second-order valence-corrected chi connectivity index (χ2v) is 7.70. The largest absolute Gasteiger partial charge is 0.495 e. The molecule has 0 aliphatic carbocycles. The van der Waals surface area contributed by atoms with Crippen molar-refractivity contribution in [3.8, 4) is 11.5 Å². The van der Waals surface area contributed by atoms with Gasteiger partial charge in [0.05, 0.1) is 11.2 Å². The van der Waals surface area contributed by atoms with Crippen LogP contribution in [0.15, 0.2) is 42.5 Å². The summed E-state index contributed by atoms with van der Waals surface area (Å²) in [5, 5.41) is 0.646. The van der Waals surface area contributed by atoms with Crippen LogP contribution in [0.3, 0.4) is 0 Å². The average Bonchev–Trinajstić information content (AvgIpc) is 2.77. The Morgan fingerprint density at radius 1 is 0.960 bits per heavy atom. The summed E-state index contributed by atoms with van der Waals surface area (Å²) in [7, 11) is -0.419. The fourth-order valence-corrected chi connectivity index (χ4v) is 3.09. The van der Waals surface area contributed by atoms with Crippen LogP contribution in [0.2, 0.25) is 0 Å². The van der Waals surface area contributed by atoms with Crippen molar-refractivity contribution >= 4 is 28.5 Å². The first-order valence-corrected chi connectivity index (χ1v) is 9.32. The molecule has 0 atom stereocenters. The van der Waals surface area contributed by atoms with Crippen LogP contribution in [-0.2, 0) is 14.6 Å². The van der Waals surface area contributed by atoms with Crippen LogP contribution in [0.25, 0.3) is 0 Å². The van der Waals surface area contributed by atoms with Gasteiger partial charge in [-0.25, -0.2) is 4.39 Å². The van der Waals surface area contributed by atoms with Crippen molar-refractivity contribution in [2.45, 2.75) is 44.2 Å². The molecule has 0 radical (unpaired) electrons. The van der Waals surface area contributed by atoms with E-state index in [1.807, 2.05) is 45.9 Å². The maximum Gasteiger partial charge on any atom is 0.495 e. The zero-order chi connectivity index (χ0) is 18.2. The summed E-state index contributed by atoms with van der Waals surface area (Å²) >= 11 is 3.53. The smallest absolute Gasteiger partial charge is 0.457 e. The molecule has 3 rings (SSSR count). The Bertz CT molecular complexity index is 746. The van der Waals surface area contributed by atoms with Gasteiger partial charge >= 0.3 is 7.12 Å². The lowest BCUT2D eigenvalue weighted by Gasteiger charge is -2.32. The topological polar surface area (TPSA) is 27.7 Å². The maximum absolute atomic E-state index is 13.0. The van der Waals surface area contributed by atoms with Crippen molar-refractivity contribution in [3.63, 3.8) is 0 Å². The van der Waals surface area contributed by atoms with E-state index in [2.05, 4.69) is 15.9 Å². The van der Waals surface area contributed by atoms with Gasteiger partial charge in [-0.05, 0) is 75.1 Å². The van der Waals surface area contributed by atoms with Gasteiger partial charge in [-0.15, -0.1) is 0 Å². The molecule has 1 aliphatic rings. The lowest BCUT2D eigenvalue weighted by atomic mass is 9.76. The van der Waals surface area contributed by atoms with Crippen LogP contribution >= 0.6 is 15.9 Å². The van der Waals surface area contributed by atoms with Crippen LogP contribution in [0.1, 0.15) is 33.3 Å². The van der Waals surface area contributed by atoms with Crippen molar-refractivity contribution in [1.29, 1.82) is 0 Å². The van der Waals surface area contributed by atoms with E-state index in [-0.39, 0.29) is 17.0 Å². The number of hydrogen-bond donors (Lipinski definition) is 0. The predicted molar refractivity (Wildman–Crippen MR) is 101 cm³/mol. The van der Waals surface area contributed by atoms with Gasteiger partial charge in [0.15, 0.2) is 0 Å². The maximum atomic E-state index is 13.0. The molecule has 0 spiro atoms. The molecule has 0 N–H and O–H groups in total. The van der Waals surface area contributed by atoms with Crippen molar-refractivity contribution in [3.05, 3.63) is 53.8 Å². The monoisotopic (exact) mass is 406 g/mol. The first-order chi connectivity index (χ1) is 11.7. The van der Waals surface area contributed by atoms with Crippen LogP contribution in [0.5, 0.6) is 11.5 Å². The average molecular weight is 407 g/mol. The van der Waals surface area contributed by atoms with E-state index in [0.29, 0.717) is 16.8 Å². The summed E-state index contributed by atoms with van der Waals surface area (Å²) in [5.74, 6) is 0.983. The fraction of sp³-hybridized carbons (Fsp3) is 0.368. The van der Waals surface area contributed by atoms with Crippen LogP contribution in [0, 0.1) is 5.82 Å². The second-order valence-electron chi connectivity index (χ2n) is 7.14. The highest BCUT2D eigenvalue weighted by Crippen LogP contribution is 2.37. The SMILES string of the molecule is CC1(C)OB(c2ccc(Oc3ccc(F)cc3)cc2CBr)OC1(C)C. The first-order valence-electron chi connectivity index (χ1n) is 8.20. The highest BCUT2D eigenvalue weighted by atomic mass is 79.9. The van der Waals surface area contributed by atoms with Gasteiger partial charge in [0, 0.05) is 5.33 Å². The van der Waals surface area contributed by atoms with Crippen LogP contribution in [-0.4, -0.2) is 18.3 Å². The third-order valence-corrected chi connectivity index (χ3v) is 5.42. The fourth-order valence-electron chi connectivity index (χ4n) is 2.60. The number of alkyl halides is 1. The number of benzene rings is 2. The van der Waals surface area contributed by atoms with Gasteiger partial charge in [-0.1, -0.05) is 22.0 Å². The van der Waals surface area contributed by atoms with Crippen molar-refractivity contribution in [2.24, 2.45) is 0 Å². The zero-order valence-electron chi connectivity index (χ0n) is 14.8. The lowest BCUT2D eigenvalue weighted by molar-refractivity contribution is 0.00578. The molecule has 6 heteroatoms. The van der Waals surface area contributed by atoms with Crippen LogP contribution in [0.4, 0.5) is 4.39 Å². The molecule has 0 aromatic heterocycles. The summed E-state index contributed by atoms with van der Waals surface area (Å²) in [6.45, 7) is 8.14. The predicted octanol–water partition coefficient (Wildman–Crippen LogP) is 4.81. The number of rotatable bonds is 4. The third-order valence-electron chi connectivity index (χ3n) is 4.81. The molecule has 0 amide bonds. The number of ether oxygens (including phenoxy) is 1. The number of halogens is 2. The summed E-state index contributed by atoms with van der Waals surface area (Å²) < 4.78 is 31.1. The Balaban J connectivity index is 1.84. The Morgan fingerprint density at radius 3 is 2.08 bits per heavy atom. The molecule has 1 fully saturated rings. The third kappa shape index (κ3) is 3.76. The van der Waals surface area contributed by atoms with E-state index < -0.39 is 7.12 Å². The van der Waals surface area contributed by atoms with Gasteiger partial charge in [0.25, 0.3) is 0 Å². The molecule has 2 aromatic carbocycles. The summed E-state index contributed by atoms with van der Waals surface area (Å²) in [5.41, 5.74) is 1.23. The van der Waals surface area contributed by atoms with Crippen molar-refractivity contribution < 1.29 is 18.4 Å². The minimum Gasteiger partial charge on any atom is -0.457 e. The van der Waals surface area contributed by atoms with Gasteiger partial charge in [-0.2, -0.15) is 0 Å². The molecule has 1 heterocycles. The van der Waals surface area contributed by atoms with Gasteiger partial charge < -0.3 is 14.0 Å². The number of hydrogen-bond acceptors (Lipinski definition) is 3. The molecule has 0 bridgehead atoms. The molecule has 1 saturated heterocycles. The van der Waals surface area contributed by atoms with Gasteiger partial charge in [-0.3, -0.25) is 0 Å².